The first-order valence-electron chi connectivity index (χ1n) is 5.59. The highest BCUT2D eigenvalue weighted by Crippen LogP contribution is 2.15. The highest BCUT2D eigenvalue weighted by molar-refractivity contribution is 5.20. The molecule has 15 heavy (non-hydrogen) atoms. The molecule has 0 amide bonds. The van der Waals surface area contributed by atoms with Crippen molar-refractivity contribution in [3.8, 4) is 0 Å². The number of rotatable bonds is 5. The van der Waals surface area contributed by atoms with Gasteiger partial charge in [0.2, 0.25) is 0 Å². The summed E-state index contributed by atoms with van der Waals surface area (Å²) in [5.74, 6) is 0.562. The van der Waals surface area contributed by atoms with E-state index in [0.29, 0.717) is 5.92 Å². The van der Waals surface area contributed by atoms with E-state index in [0.717, 1.165) is 18.5 Å². The maximum atomic E-state index is 13.4. The van der Waals surface area contributed by atoms with Gasteiger partial charge in [-0.3, -0.25) is 0 Å². The van der Waals surface area contributed by atoms with Crippen molar-refractivity contribution in [2.24, 2.45) is 5.92 Å². The monoisotopic (exact) mass is 209 g/mol. The van der Waals surface area contributed by atoms with Crippen molar-refractivity contribution in [2.75, 3.05) is 6.54 Å². The van der Waals surface area contributed by atoms with Crippen LogP contribution in [0.5, 0.6) is 0 Å². The second kappa shape index (κ2) is 5.86. The van der Waals surface area contributed by atoms with E-state index in [-0.39, 0.29) is 11.9 Å². The van der Waals surface area contributed by atoms with Gasteiger partial charge in [-0.25, -0.2) is 4.39 Å². The van der Waals surface area contributed by atoms with Gasteiger partial charge in [-0.1, -0.05) is 32.0 Å². The average molecular weight is 209 g/mol. The van der Waals surface area contributed by atoms with Crippen molar-refractivity contribution in [3.05, 3.63) is 35.6 Å². The van der Waals surface area contributed by atoms with Crippen molar-refractivity contribution >= 4 is 0 Å². The van der Waals surface area contributed by atoms with Crippen LogP contribution in [0.3, 0.4) is 0 Å². The number of hydrogen-bond acceptors (Lipinski definition) is 1. The first kappa shape index (κ1) is 12.2. The number of nitrogens with one attached hydrogen (secondary N) is 1. The van der Waals surface area contributed by atoms with E-state index in [1.54, 1.807) is 6.07 Å². The molecule has 1 unspecified atom stereocenters. The zero-order valence-corrected chi connectivity index (χ0v) is 9.76. The Morgan fingerprint density at radius 3 is 2.47 bits per heavy atom. The average Bonchev–Trinajstić information content (AvgIpc) is 2.17. The van der Waals surface area contributed by atoms with Gasteiger partial charge in [0.15, 0.2) is 0 Å². The third-order valence-electron chi connectivity index (χ3n) is 2.54. The topological polar surface area (TPSA) is 12.0 Å². The molecule has 0 fully saturated rings. The summed E-state index contributed by atoms with van der Waals surface area (Å²) in [6.07, 6.45) is 1.12. The SMILES string of the molecule is CC(C)CCNC(C)c1ccccc1F. The van der Waals surface area contributed by atoms with Crippen molar-refractivity contribution in [1.29, 1.82) is 0 Å². The van der Waals surface area contributed by atoms with E-state index in [1.165, 1.54) is 6.07 Å². The van der Waals surface area contributed by atoms with Gasteiger partial charge < -0.3 is 5.32 Å². The Kier molecular flexibility index (Phi) is 4.76. The molecule has 0 bridgehead atoms. The first-order chi connectivity index (χ1) is 7.11. The predicted octanol–water partition coefficient (Wildman–Crippen LogP) is 3.52. The molecule has 0 aliphatic carbocycles. The Labute approximate surface area is 91.7 Å². The number of benzene rings is 1. The fourth-order valence-electron chi connectivity index (χ4n) is 1.52. The van der Waals surface area contributed by atoms with Crippen LogP contribution in [0.25, 0.3) is 0 Å². The van der Waals surface area contributed by atoms with Crippen LogP contribution in [0, 0.1) is 11.7 Å². The normalized spacial score (nSPS) is 13.1. The van der Waals surface area contributed by atoms with Gasteiger partial charge in [-0.15, -0.1) is 0 Å². The lowest BCUT2D eigenvalue weighted by atomic mass is 10.1. The summed E-state index contributed by atoms with van der Waals surface area (Å²) in [4.78, 5) is 0. The van der Waals surface area contributed by atoms with E-state index >= 15 is 0 Å². The third-order valence-corrected chi connectivity index (χ3v) is 2.54. The van der Waals surface area contributed by atoms with Gasteiger partial charge in [-0.05, 0) is 31.9 Å². The molecular formula is C13H20FN. The Morgan fingerprint density at radius 1 is 1.20 bits per heavy atom. The zero-order chi connectivity index (χ0) is 11.3. The lowest BCUT2D eigenvalue weighted by Crippen LogP contribution is -2.21. The molecule has 1 nitrogen and oxygen atoms in total. The minimum absolute atomic E-state index is 0.0879. The summed E-state index contributed by atoms with van der Waals surface area (Å²) in [5, 5.41) is 3.33. The van der Waals surface area contributed by atoms with E-state index in [1.807, 2.05) is 19.1 Å². The lowest BCUT2D eigenvalue weighted by Gasteiger charge is -2.15. The zero-order valence-electron chi connectivity index (χ0n) is 9.76. The van der Waals surface area contributed by atoms with Crippen LogP contribution in [0.1, 0.15) is 38.8 Å². The Morgan fingerprint density at radius 2 is 1.87 bits per heavy atom. The minimum atomic E-state index is -0.123. The summed E-state index contributed by atoms with van der Waals surface area (Å²) >= 11 is 0. The second-order valence-corrected chi connectivity index (χ2v) is 4.38. The van der Waals surface area contributed by atoms with E-state index in [4.69, 9.17) is 0 Å². The van der Waals surface area contributed by atoms with Crippen LogP contribution in [-0.2, 0) is 0 Å². The van der Waals surface area contributed by atoms with Crippen LogP contribution < -0.4 is 5.32 Å². The van der Waals surface area contributed by atoms with Gasteiger partial charge in [0.1, 0.15) is 5.82 Å². The minimum Gasteiger partial charge on any atom is -0.310 e. The molecule has 0 saturated heterocycles. The summed E-state index contributed by atoms with van der Waals surface area (Å²) in [7, 11) is 0. The maximum Gasteiger partial charge on any atom is 0.127 e. The van der Waals surface area contributed by atoms with Gasteiger partial charge in [-0.2, -0.15) is 0 Å². The third kappa shape index (κ3) is 4.00. The van der Waals surface area contributed by atoms with Gasteiger partial charge >= 0.3 is 0 Å². The lowest BCUT2D eigenvalue weighted by molar-refractivity contribution is 0.482. The molecular weight excluding hydrogens is 189 g/mol. The molecule has 1 rings (SSSR count). The fourth-order valence-corrected chi connectivity index (χ4v) is 1.52. The molecule has 0 saturated carbocycles. The molecule has 0 radical (unpaired) electrons. The standard InChI is InChI=1S/C13H20FN/c1-10(2)8-9-15-11(3)12-6-4-5-7-13(12)14/h4-7,10-11,15H,8-9H2,1-3H3. The number of hydrogen-bond donors (Lipinski definition) is 1. The molecule has 1 atom stereocenters. The molecule has 0 heterocycles. The molecule has 0 aromatic heterocycles. The Bertz CT molecular complexity index is 296. The highest BCUT2D eigenvalue weighted by atomic mass is 19.1. The first-order valence-corrected chi connectivity index (χ1v) is 5.59. The van der Waals surface area contributed by atoms with Crippen molar-refractivity contribution < 1.29 is 4.39 Å². The molecule has 84 valence electrons. The summed E-state index contributed by atoms with van der Waals surface area (Å²) in [5.41, 5.74) is 0.751. The van der Waals surface area contributed by atoms with E-state index in [2.05, 4.69) is 19.2 Å². The van der Waals surface area contributed by atoms with Crippen LogP contribution in [-0.4, -0.2) is 6.54 Å². The predicted molar refractivity (Wildman–Crippen MR) is 62.3 cm³/mol. The van der Waals surface area contributed by atoms with Gasteiger partial charge in [0.05, 0.1) is 0 Å². The molecule has 0 aliphatic rings. The van der Waals surface area contributed by atoms with Crippen LogP contribution in [0.2, 0.25) is 0 Å². The molecule has 0 spiro atoms. The van der Waals surface area contributed by atoms with Crippen molar-refractivity contribution in [3.63, 3.8) is 0 Å². The molecule has 0 aliphatic heterocycles. The largest absolute Gasteiger partial charge is 0.310 e. The Hall–Kier alpha value is -0.890. The second-order valence-electron chi connectivity index (χ2n) is 4.38. The highest BCUT2D eigenvalue weighted by Gasteiger charge is 2.08. The summed E-state index contributed by atoms with van der Waals surface area (Å²) in [6, 6.07) is 7.03. The molecule has 1 N–H and O–H groups in total. The van der Waals surface area contributed by atoms with E-state index < -0.39 is 0 Å². The smallest absolute Gasteiger partial charge is 0.127 e. The van der Waals surface area contributed by atoms with Crippen LogP contribution >= 0.6 is 0 Å². The van der Waals surface area contributed by atoms with E-state index in [9.17, 15) is 4.39 Å². The Balaban J connectivity index is 2.47. The van der Waals surface area contributed by atoms with Crippen LogP contribution in [0.15, 0.2) is 24.3 Å². The van der Waals surface area contributed by atoms with Crippen molar-refractivity contribution in [2.45, 2.75) is 33.2 Å². The molecule has 2 heteroatoms. The van der Waals surface area contributed by atoms with Gasteiger partial charge in [0, 0.05) is 11.6 Å². The quantitative estimate of drug-likeness (QED) is 0.782. The van der Waals surface area contributed by atoms with Gasteiger partial charge in [0.25, 0.3) is 0 Å². The summed E-state index contributed by atoms with van der Waals surface area (Å²) in [6.45, 7) is 7.32. The maximum absolute atomic E-state index is 13.4. The summed E-state index contributed by atoms with van der Waals surface area (Å²) < 4.78 is 13.4. The fraction of sp³-hybridized carbons (Fsp3) is 0.538. The number of halogens is 1. The van der Waals surface area contributed by atoms with Crippen molar-refractivity contribution in [1.82, 2.24) is 5.32 Å². The molecule has 1 aromatic rings. The van der Waals surface area contributed by atoms with Crippen LogP contribution in [0.4, 0.5) is 4.39 Å². The molecule has 1 aromatic carbocycles.